The van der Waals surface area contributed by atoms with E-state index < -0.39 is 0 Å². The van der Waals surface area contributed by atoms with Gasteiger partial charge >= 0.3 is 0 Å². The lowest BCUT2D eigenvalue weighted by molar-refractivity contribution is 0.0780. The summed E-state index contributed by atoms with van der Waals surface area (Å²) in [6, 6.07) is 7.50. The number of hydrogen-bond donors (Lipinski definition) is 1. The van der Waals surface area contributed by atoms with Crippen LogP contribution in [0, 0.1) is 11.8 Å². The number of halogens is 1. The molecule has 1 heterocycles. The molecular formula is C14H17ClN2O. The third kappa shape index (κ3) is 1.91. The average Bonchev–Trinajstić information content (AvgIpc) is 2.92. The quantitative estimate of drug-likeness (QED) is 0.845. The SMILES string of the molecule is N[C@@H]1CC[C@@H]2CN(C(=O)c3ccccc3Cl)C[C@H]21. The van der Waals surface area contributed by atoms with Crippen molar-refractivity contribution >= 4 is 17.5 Å². The van der Waals surface area contributed by atoms with Crippen LogP contribution in [-0.2, 0) is 0 Å². The molecule has 1 amide bonds. The third-order valence-corrected chi connectivity index (χ3v) is 4.63. The van der Waals surface area contributed by atoms with Crippen molar-refractivity contribution in [2.75, 3.05) is 13.1 Å². The predicted octanol–water partition coefficient (Wildman–Crippen LogP) is 2.15. The third-order valence-electron chi connectivity index (χ3n) is 4.30. The zero-order valence-electron chi connectivity index (χ0n) is 10.2. The van der Waals surface area contributed by atoms with Crippen LogP contribution in [0.2, 0.25) is 5.02 Å². The molecule has 2 fully saturated rings. The summed E-state index contributed by atoms with van der Waals surface area (Å²) >= 11 is 6.07. The maximum atomic E-state index is 12.4. The van der Waals surface area contributed by atoms with E-state index in [-0.39, 0.29) is 11.9 Å². The Labute approximate surface area is 112 Å². The molecule has 3 nitrogen and oxygen atoms in total. The van der Waals surface area contributed by atoms with Gasteiger partial charge in [-0.15, -0.1) is 0 Å². The standard InChI is InChI=1S/C14H17ClN2O/c15-12-4-2-1-3-10(12)14(18)17-7-9-5-6-13(16)11(9)8-17/h1-4,9,11,13H,5-8,16H2/t9-,11-,13-/m1/s1. The van der Waals surface area contributed by atoms with Crippen molar-refractivity contribution in [2.24, 2.45) is 17.6 Å². The summed E-state index contributed by atoms with van der Waals surface area (Å²) in [6.45, 7) is 1.62. The second-order valence-electron chi connectivity index (χ2n) is 5.36. The van der Waals surface area contributed by atoms with Gasteiger partial charge in [-0.3, -0.25) is 4.79 Å². The van der Waals surface area contributed by atoms with Gasteiger partial charge in [0, 0.05) is 19.1 Å². The topological polar surface area (TPSA) is 46.3 Å². The first-order valence-electron chi connectivity index (χ1n) is 6.46. The minimum Gasteiger partial charge on any atom is -0.338 e. The summed E-state index contributed by atoms with van der Waals surface area (Å²) < 4.78 is 0. The molecule has 3 atom stereocenters. The molecule has 18 heavy (non-hydrogen) atoms. The average molecular weight is 265 g/mol. The predicted molar refractivity (Wildman–Crippen MR) is 71.5 cm³/mol. The number of amides is 1. The highest BCUT2D eigenvalue weighted by molar-refractivity contribution is 6.33. The number of hydrogen-bond acceptors (Lipinski definition) is 2. The number of nitrogens with zero attached hydrogens (tertiary/aromatic N) is 1. The van der Waals surface area contributed by atoms with E-state index in [1.165, 1.54) is 0 Å². The molecule has 2 aliphatic rings. The highest BCUT2D eigenvalue weighted by atomic mass is 35.5. The summed E-state index contributed by atoms with van der Waals surface area (Å²) in [7, 11) is 0. The largest absolute Gasteiger partial charge is 0.338 e. The van der Waals surface area contributed by atoms with E-state index >= 15 is 0 Å². The van der Waals surface area contributed by atoms with Crippen molar-refractivity contribution in [1.29, 1.82) is 0 Å². The van der Waals surface area contributed by atoms with Gasteiger partial charge in [0.1, 0.15) is 0 Å². The van der Waals surface area contributed by atoms with Crippen LogP contribution in [0.3, 0.4) is 0 Å². The van der Waals surface area contributed by atoms with Crippen LogP contribution in [0.4, 0.5) is 0 Å². The molecular weight excluding hydrogens is 248 g/mol. The lowest BCUT2D eigenvalue weighted by atomic mass is 9.98. The van der Waals surface area contributed by atoms with E-state index in [0.29, 0.717) is 22.4 Å². The molecule has 1 aromatic carbocycles. The number of nitrogens with two attached hydrogens (primary N) is 1. The Morgan fingerprint density at radius 1 is 1.28 bits per heavy atom. The molecule has 2 N–H and O–H groups in total. The molecule has 0 bridgehead atoms. The molecule has 0 aromatic heterocycles. The molecule has 0 spiro atoms. The first kappa shape index (κ1) is 12.0. The molecule has 0 radical (unpaired) electrons. The van der Waals surface area contributed by atoms with Crippen molar-refractivity contribution < 1.29 is 4.79 Å². The Balaban J connectivity index is 1.78. The van der Waals surface area contributed by atoms with Crippen molar-refractivity contribution in [3.05, 3.63) is 34.9 Å². The Morgan fingerprint density at radius 3 is 2.78 bits per heavy atom. The lowest BCUT2D eigenvalue weighted by Gasteiger charge is -2.19. The summed E-state index contributed by atoms with van der Waals surface area (Å²) in [4.78, 5) is 14.3. The van der Waals surface area contributed by atoms with Crippen LogP contribution in [0.25, 0.3) is 0 Å². The van der Waals surface area contributed by atoms with Gasteiger partial charge in [0.2, 0.25) is 0 Å². The number of rotatable bonds is 1. The van der Waals surface area contributed by atoms with Gasteiger partial charge in [-0.25, -0.2) is 0 Å². The fraction of sp³-hybridized carbons (Fsp3) is 0.500. The van der Waals surface area contributed by atoms with Crippen LogP contribution in [0.5, 0.6) is 0 Å². The van der Waals surface area contributed by atoms with Gasteiger partial charge in [0.05, 0.1) is 10.6 Å². The fourth-order valence-corrected chi connectivity index (χ4v) is 3.49. The van der Waals surface area contributed by atoms with E-state index in [1.54, 1.807) is 12.1 Å². The van der Waals surface area contributed by atoms with Crippen LogP contribution in [0.1, 0.15) is 23.2 Å². The van der Waals surface area contributed by atoms with E-state index in [2.05, 4.69) is 0 Å². The highest BCUT2D eigenvalue weighted by Crippen LogP contribution is 2.37. The Bertz CT molecular complexity index is 477. The number of benzene rings is 1. The number of fused-ring (bicyclic) bond motifs is 1. The van der Waals surface area contributed by atoms with Crippen LogP contribution < -0.4 is 5.73 Å². The lowest BCUT2D eigenvalue weighted by Crippen LogP contribution is -2.33. The number of likely N-dealkylation sites (tertiary alicyclic amines) is 1. The van der Waals surface area contributed by atoms with Gasteiger partial charge in [-0.2, -0.15) is 0 Å². The minimum absolute atomic E-state index is 0.0437. The zero-order valence-corrected chi connectivity index (χ0v) is 10.9. The van der Waals surface area contributed by atoms with Crippen molar-refractivity contribution in [3.8, 4) is 0 Å². The molecule has 0 unspecified atom stereocenters. The first-order chi connectivity index (χ1) is 8.66. The molecule has 1 saturated heterocycles. The molecule has 4 heteroatoms. The van der Waals surface area contributed by atoms with Crippen LogP contribution in [-0.4, -0.2) is 29.9 Å². The van der Waals surface area contributed by atoms with Crippen molar-refractivity contribution in [2.45, 2.75) is 18.9 Å². The summed E-state index contributed by atoms with van der Waals surface area (Å²) in [5, 5.41) is 0.531. The Hall–Kier alpha value is -1.06. The van der Waals surface area contributed by atoms with E-state index in [4.69, 9.17) is 17.3 Å². The molecule has 1 aromatic rings. The van der Waals surface area contributed by atoms with Crippen LogP contribution in [0.15, 0.2) is 24.3 Å². The maximum absolute atomic E-state index is 12.4. The monoisotopic (exact) mass is 264 g/mol. The van der Waals surface area contributed by atoms with E-state index in [9.17, 15) is 4.79 Å². The van der Waals surface area contributed by atoms with Gasteiger partial charge in [0.15, 0.2) is 0 Å². The van der Waals surface area contributed by atoms with Gasteiger partial charge in [0.25, 0.3) is 5.91 Å². The highest BCUT2D eigenvalue weighted by Gasteiger charge is 2.42. The number of carbonyl (C=O) groups is 1. The van der Waals surface area contributed by atoms with Gasteiger partial charge in [-0.1, -0.05) is 23.7 Å². The van der Waals surface area contributed by atoms with E-state index in [0.717, 1.165) is 25.9 Å². The maximum Gasteiger partial charge on any atom is 0.255 e. The summed E-state index contributed by atoms with van der Waals surface area (Å²) in [5.41, 5.74) is 6.69. The zero-order chi connectivity index (χ0) is 12.7. The first-order valence-corrected chi connectivity index (χ1v) is 6.84. The van der Waals surface area contributed by atoms with Crippen molar-refractivity contribution in [1.82, 2.24) is 4.90 Å². The molecule has 1 aliphatic carbocycles. The second-order valence-corrected chi connectivity index (χ2v) is 5.76. The normalized spacial score (nSPS) is 30.6. The minimum atomic E-state index is 0.0437. The molecule has 1 aliphatic heterocycles. The second kappa shape index (κ2) is 4.56. The van der Waals surface area contributed by atoms with E-state index in [1.807, 2.05) is 17.0 Å². The van der Waals surface area contributed by atoms with Gasteiger partial charge in [-0.05, 0) is 36.8 Å². The smallest absolute Gasteiger partial charge is 0.255 e. The Morgan fingerprint density at radius 2 is 2.06 bits per heavy atom. The summed E-state index contributed by atoms with van der Waals surface area (Å²) in [6.07, 6.45) is 2.25. The Kier molecular flexibility index (Phi) is 3.04. The molecule has 3 rings (SSSR count). The number of carbonyl (C=O) groups excluding carboxylic acids is 1. The van der Waals surface area contributed by atoms with Crippen molar-refractivity contribution in [3.63, 3.8) is 0 Å². The molecule has 1 saturated carbocycles. The van der Waals surface area contributed by atoms with Crippen LogP contribution >= 0.6 is 11.6 Å². The fourth-order valence-electron chi connectivity index (χ4n) is 3.28. The van der Waals surface area contributed by atoms with Gasteiger partial charge < -0.3 is 10.6 Å². The summed E-state index contributed by atoms with van der Waals surface area (Å²) in [5.74, 6) is 1.12. The molecule has 96 valence electrons.